The molecule has 1 fully saturated rings. The van der Waals surface area contributed by atoms with Crippen LogP contribution >= 0.6 is 12.4 Å². The highest BCUT2D eigenvalue weighted by Gasteiger charge is 2.12. The lowest BCUT2D eigenvalue weighted by Crippen LogP contribution is -2.18. The number of para-hydroxylation sites is 1. The maximum absolute atomic E-state index is 12.5. The van der Waals surface area contributed by atoms with Crippen LogP contribution in [0.15, 0.2) is 72.8 Å². The van der Waals surface area contributed by atoms with Gasteiger partial charge in [0, 0.05) is 23.9 Å². The molecule has 4 rings (SSSR count). The first-order valence-electron chi connectivity index (χ1n) is 11.5. The average molecular weight is 495 g/mol. The van der Waals surface area contributed by atoms with Gasteiger partial charge in [-0.05, 0) is 73.5 Å². The second kappa shape index (κ2) is 12.8. The third-order valence-electron chi connectivity index (χ3n) is 5.83. The SMILES string of the molecule is COc1ccc(C=CC(=O)Nc2ccccc2COc2ccc(CN3CCCC3)cc2)cc1O.Cl. The number of carbonyl (C=O) groups is 1. The van der Waals surface area contributed by atoms with E-state index in [1.54, 1.807) is 24.3 Å². The summed E-state index contributed by atoms with van der Waals surface area (Å²) in [6.07, 6.45) is 5.64. The Kier molecular flexibility index (Phi) is 9.58. The summed E-state index contributed by atoms with van der Waals surface area (Å²) in [5.41, 5.74) is 3.56. The topological polar surface area (TPSA) is 71.0 Å². The lowest BCUT2D eigenvalue weighted by molar-refractivity contribution is -0.111. The fourth-order valence-electron chi connectivity index (χ4n) is 3.98. The molecular formula is C28H31ClN2O4. The minimum Gasteiger partial charge on any atom is -0.504 e. The number of ether oxygens (including phenoxy) is 2. The fourth-order valence-corrected chi connectivity index (χ4v) is 3.98. The van der Waals surface area contributed by atoms with Crippen molar-refractivity contribution in [3.63, 3.8) is 0 Å². The normalized spacial score (nSPS) is 13.4. The zero-order valence-corrected chi connectivity index (χ0v) is 20.6. The number of hydrogen-bond acceptors (Lipinski definition) is 5. The van der Waals surface area contributed by atoms with Crippen LogP contribution in [-0.2, 0) is 17.9 Å². The first-order chi connectivity index (χ1) is 16.6. The highest BCUT2D eigenvalue weighted by atomic mass is 35.5. The molecule has 1 heterocycles. The Morgan fingerprint density at radius 1 is 1.06 bits per heavy atom. The van der Waals surface area contributed by atoms with Crippen LogP contribution in [0.25, 0.3) is 6.08 Å². The Labute approximate surface area is 212 Å². The van der Waals surface area contributed by atoms with Crippen molar-refractivity contribution in [1.82, 2.24) is 4.90 Å². The van der Waals surface area contributed by atoms with Crippen molar-refractivity contribution in [2.45, 2.75) is 26.0 Å². The van der Waals surface area contributed by atoms with Crippen LogP contribution in [0, 0.1) is 0 Å². The third kappa shape index (κ3) is 7.50. The van der Waals surface area contributed by atoms with Gasteiger partial charge in [0.1, 0.15) is 12.4 Å². The molecule has 0 atom stereocenters. The molecule has 0 saturated carbocycles. The molecule has 7 heteroatoms. The number of methoxy groups -OCH3 is 1. The number of rotatable bonds is 9. The predicted molar refractivity (Wildman–Crippen MR) is 141 cm³/mol. The number of anilines is 1. The van der Waals surface area contributed by atoms with Crippen molar-refractivity contribution in [3.8, 4) is 17.2 Å². The van der Waals surface area contributed by atoms with Crippen molar-refractivity contribution in [1.29, 1.82) is 0 Å². The largest absolute Gasteiger partial charge is 0.504 e. The van der Waals surface area contributed by atoms with Gasteiger partial charge in [-0.1, -0.05) is 36.4 Å². The molecule has 2 N–H and O–H groups in total. The zero-order valence-electron chi connectivity index (χ0n) is 19.8. The van der Waals surface area contributed by atoms with Gasteiger partial charge in [-0.2, -0.15) is 0 Å². The predicted octanol–water partition coefficient (Wildman–Crippen LogP) is 5.65. The Morgan fingerprint density at radius 3 is 2.51 bits per heavy atom. The quantitative estimate of drug-likeness (QED) is 0.376. The molecule has 1 amide bonds. The second-order valence-electron chi connectivity index (χ2n) is 8.33. The summed E-state index contributed by atoms with van der Waals surface area (Å²) >= 11 is 0. The number of hydrogen-bond donors (Lipinski definition) is 2. The Morgan fingerprint density at radius 2 is 1.80 bits per heavy atom. The minimum absolute atomic E-state index is 0. The standard InChI is InChI=1S/C28H30N2O4.ClH/c1-33-27-14-10-21(18-26(27)31)11-15-28(32)29-25-7-3-2-6-23(25)20-34-24-12-8-22(9-13-24)19-30-16-4-5-17-30;/h2-3,6-15,18,31H,4-5,16-17,19-20H2,1H3,(H,29,32);1H. The third-order valence-corrected chi connectivity index (χ3v) is 5.83. The fraction of sp³-hybridized carbons (Fsp3) is 0.250. The number of nitrogens with zero attached hydrogens (tertiary/aromatic N) is 1. The van der Waals surface area contributed by atoms with Crippen molar-refractivity contribution in [3.05, 3.63) is 89.5 Å². The van der Waals surface area contributed by atoms with E-state index in [-0.39, 0.29) is 24.1 Å². The van der Waals surface area contributed by atoms with E-state index in [4.69, 9.17) is 9.47 Å². The van der Waals surface area contributed by atoms with Gasteiger partial charge >= 0.3 is 0 Å². The molecule has 0 aromatic heterocycles. The molecule has 0 spiro atoms. The number of amides is 1. The van der Waals surface area contributed by atoms with Gasteiger partial charge in [-0.25, -0.2) is 0 Å². The van der Waals surface area contributed by atoms with Crippen molar-refractivity contribution >= 4 is 30.1 Å². The van der Waals surface area contributed by atoms with Gasteiger partial charge in [-0.15, -0.1) is 12.4 Å². The molecule has 35 heavy (non-hydrogen) atoms. The second-order valence-corrected chi connectivity index (χ2v) is 8.33. The van der Waals surface area contributed by atoms with Gasteiger partial charge in [0.2, 0.25) is 5.91 Å². The van der Waals surface area contributed by atoms with Crippen molar-refractivity contribution < 1.29 is 19.4 Å². The number of nitrogens with one attached hydrogen (secondary N) is 1. The number of benzene rings is 3. The average Bonchev–Trinajstić information content (AvgIpc) is 3.36. The number of halogens is 1. The van der Waals surface area contributed by atoms with E-state index in [9.17, 15) is 9.90 Å². The molecule has 1 aliphatic heterocycles. The minimum atomic E-state index is -0.269. The summed E-state index contributed by atoms with van der Waals surface area (Å²) < 4.78 is 11.0. The van der Waals surface area contributed by atoms with Gasteiger partial charge in [0.05, 0.1) is 7.11 Å². The Bertz CT molecular complexity index is 1140. The van der Waals surface area contributed by atoms with Crippen LogP contribution in [0.3, 0.4) is 0 Å². The number of carbonyl (C=O) groups excluding carboxylic acids is 1. The number of aromatic hydroxyl groups is 1. The summed E-state index contributed by atoms with van der Waals surface area (Å²) in [6, 6.07) is 20.8. The first kappa shape index (κ1) is 26.1. The smallest absolute Gasteiger partial charge is 0.248 e. The Balaban J connectivity index is 0.00000342. The Hall–Kier alpha value is -3.48. The van der Waals surface area contributed by atoms with Crippen LogP contribution in [-0.4, -0.2) is 36.1 Å². The van der Waals surface area contributed by atoms with E-state index >= 15 is 0 Å². The summed E-state index contributed by atoms with van der Waals surface area (Å²) in [4.78, 5) is 14.9. The van der Waals surface area contributed by atoms with Crippen molar-refractivity contribution in [2.75, 3.05) is 25.5 Å². The zero-order chi connectivity index (χ0) is 23.8. The summed E-state index contributed by atoms with van der Waals surface area (Å²) in [7, 11) is 1.49. The summed E-state index contributed by atoms with van der Waals surface area (Å²) in [5.74, 6) is 0.938. The van der Waals surface area contributed by atoms with E-state index in [2.05, 4.69) is 22.3 Å². The highest BCUT2D eigenvalue weighted by molar-refractivity contribution is 6.02. The van der Waals surface area contributed by atoms with Crippen LogP contribution in [0.2, 0.25) is 0 Å². The molecule has 0 aliphatic carbocycles. The van der Waals surface area contributed by atoms with E-state index in [1.807, 2.05) is 36.4 Å². The van der Waals surface area contributed by atoms with E-state index < -0.39 is 0 Å². The highest BCUT2D eigenvalue weighted by Crippen LogP contribution is 2.27. The monoisotopic (exact) mass is 494 g/mol. The molecule has 1 aliphatic rings. The van der Waals surface area contributed by atoms with Crippen LogP contribution in [0.4, 0.5) is 5.69 Å². The molecule has 6 nitrogen and oxygen atoms in total. The lowest BCUT2D eigenvalue weighted by Gasteiger charge is -2.15. The first-order valence-corrected chi connectivity index (χ1v) is 11.5. The van der Waals surface area contributed by atoms with Crippen LogP contribution in [0.5, 0.6) is 17.2 Å². The van der Waals surface area contributed by atoms with Gasteiger partial charge in [0.25, 0.3) is 0 Å². The number of likely N-dealkylation sites (tertiary alicyclic amines) is 1. The molecule has 3 aromatic carbocycles. The summed E-state index contributed by atoms with van der Waals surface area (Å²) in [6.45, 7) is 3.69. The van der Waals surface area contributed by atoms with E-state index in [0.717, 1.165) is 17.9 Å². The molecule has 0 radical (unpaired) electrons. The number of phenolic OH excluding ortho intramolecular Hbond substituents is 1. The van der Waals surface area contributed by atoms with Gasteiger partial charge in [0.15, 0.2) is 11.5 Å². The van der Waals surface area contributed by atoms with Gasteiger partial charge < -0.3 is 19.9 Å². The molecular weight excluding hydrogens is 464 g/mol. The van der Waals surface area contributed by atoms with Crippen molar-refractivity contribution in [2.24, 2.45) is 0 Å². The molecule has 0 bridgehead atoms. The maximum Gasteiger partial charge on any atom is 0.248 e. The number of phenols is 1. The lowest BCUT2D eigenvalue weighted by atomic mass is 10.1. The van der Waals surface area contributed by atoms with Gasteiger partial charge in [-0.3, -0.25) is 9.69 Å². The summed E-state index contributed by atoms with van der Waals surface area (Å²) in [5, 5.41) is 12.8. The molecule has 184 valence electrons. The molecule has 3 aromatic rings. The molecule has 1 saturated heterocycles. The maximum atomic E-state index is 12.5. The van der Waals surface area contributed by atoms with E-state index in [0.29, 0.717) is 23.6 Å². The van der Waals surface area contributed by atoms with Crippen LogP contribution < -0.4 is 14.8 Å². The van der Waals surface area contributed by atoms with E-state index in [1.165, 1.54) is 44.7 Å². The molecule has 0 unspecified atom stereocenters. The van der Waals surface area contributed by atoms with Crippen LogP contribution in [0.1, 0.15) is 29.5 Å².